The lowest BCUT2D eigenvalue weighted by molar-refractivity contribution is -0.384. The summed E-state index contributed by atoms with van der Waals surface area (Å²) in [5.74, 6) is 0.412. The van der Waals surface area contributed by atoms with E-state index in [0.29, 0.717) is 59.4 Å². The minimum atomic E-state index is -0.296. The molecule has 0 unspecified atom stereocenters. The molecule has 0 spiro atoms. The molecule has 0 aromatic heterocycles. The number of nitro benzene ring substituents is 1. The first-order chi connectivity index (χ1) is 17.4. The number of nitrogens with zero attached hydrogens (tertiary/aromatic N) is 4. The first-order valence-electron chi connectivity index (χ1n) is 12.2. The third-order valence-corrected chi connectivity index (χ3v) is 7.48. The fourth-order valence-corrected chi connectivity index (χ4v) is 5.35. The van der Waals surface area contributed by atoms with Gasteiger partial charge in [0.05, 0.1) is 16.0 Å². The Kier molecular flexibility index (Phi) is 8.63. The van der Waals surface area contributed by atoms with Crippen LogP contribution in [0.1, 0.15) is 36.5 Å². The lowest BCUT2D eigenvalue weighted by Crippen LogP contribution is -2.52. The smallest absolute Gasteiger partial charge is 0.292 e. The summed E-state index contributed by atoms with van der Waals surface area (Å²) in [6.07, 6.45) is 3.27. The first kappa shape index (κ1) is 26.2. The number of nitro groups is 1. The zero-order valence-corrected chi connectivity index (χ0v) is 22.6. The first-order valence-corrected chi connectivity index (χ1v) is 13.4. The fourth-order valence-electron chi connectivity index (χ4n) is 4.58. The van der Waals surface area contributed by atoms with Crippen LogP contribution in [0.5, 0.6) is 5.75 Å². The van der Waals surface area contributed by atoms with Gasteiger partial charge in [-0.15, -0.1) is 0 Å². The number of ether oxygens (including phenoxy) is 1. The summed E-state index contributed by atoms with van der Waals surface area (Å²) in [6.45, 7) is 6.81. The van der Waals surface area contributed by atoms with E-state index >= 15 is 0 Å². The Morgan fingerprint density at radius 2 is 1.78 bits per heavy atom. The largest absolute Gasteiger partial charge is 0.493 e. The van der Waals surface area contributed by atoms with Gasteiger partial charge in [-0.2, -0.15) is 0 Å². The van der Waals surface area contributed by atoms with Crippen molar-refractivity contribution in [2.45, 2.75) is 26.2 Å². The molecule has 0 saturated carbocycles. The van der Waals surface area contributed by atoms with Crippen molar-refractivity contribution in [2.24, 2.45) is 0 Å². The van der Waals surface area contributed by atoms with Gasteiger partial charge in [0.25, 0.3) is 11.6 Å². The van der Waals surface area contributed by atoms with Crippen molar-refractivity contribution < 1.29 is 14.5 Å². The number of nitrogens with one attached hydrogen (secondary N) is 1. The molecule has 9 nitrogen and oxygen atoms in total. The van der Waals surface area contributed by atoms with Gasteiger partial charge in [0.1, 0.15) is 11.4 Å². The van der Waals surface area contributed by atoms with Gasteiger partial charge >= 0.3 is 0 Å². The zero-order chi connectivity index (χ0) is 25.7. The molecule has 2 saturated heterocycles. The highest BCUT2D eigenvalue weighted by molar-refractivity contribution is 9.10. The molecule has 11 heteroatoms. The SMILES string of the molecule is CCOc1ccc(C(=O)NC(=S)N2CCN(c3ccc([N+](=O)[O-])c(N4CCCCC4)c3)CC2)cc1Br. The maximum Gasteiger partial charge on any atom is 0.292 e. The summed E-state index contributed by atoms with van der Waals surface area (Å²) in [5.41, 5.74) is 2.31. The number of hydrogen-bond donors (Lipinski definition) is 1. The second-order valence-electron chi connectivity index (χ2n) is 8.79. The number of piperidine rings is 1. The molecule has 1 amide bonds. The summed E-state index contributed by atoms with van der Waals surface area (Å²) in [4.78, 5) is 30.4. The highest BCUT2D eigenvalue weighted by Crippen LogP contribution is 2.34. The Bertz CT molecular complexity index is 1130. The van der Waals surface area contributed by atoms with Crippen LogP contribution in [-0.2, 0) is 0 Å². The Balaban J connectivity index is 1.37. The minimum Gasteiger partial charge on any atom is -0.493 e. The van der Waals surface area contributed by atoms with E-state index in [0.717, 1.165) is 38.0 Å². The van der Waals surface area contributed by atoms with Gasteiger partial charge in [0.15, 0.2) is 5.11 Å². The lowest BCUT2D eigenvalue weighted by Gasteiger charge is -2.37. The standard InChI is InChI=1S/C25H30BrN5O4S/c1-2-35-23-9-6-18(16-20(23)26)24(32)27-25(36)30-14-12-28(13-15-30)19-7-8-21(31(33)34)22(17-19)29-10-4-3-5-11-29/h6-9,16-17H,2-5,10-15H2,1H3,(H,27,32,36). The van der Waals surface area contributed by atoms with Crippen molar-refractivity contribution in [3.05, 3.63) is 56.5 Å². The van der Waals surface area contributed by atoms with E-state index in [1.165, 1.54) is 0 Å². The van der Waals surface area contributed by atoms with Crippen molar-refractivity contribution in [1.29, 1.82) is 0 Å². The number of hydrogen-bond acceptors (Lipinski definition) is 7. The van der Waals surface area contributed by atoms with E-state index in [1.807, 2.05) is 24.0 Å². The number of carbonyl (C=O) groups is 1. The van der Waals surface area contributed by atoms with E-state index in [9.17, 15) is 14.9 Å². The van der Waals surface area contributed by atoms with Crippen LogP contribution in [-0.4, -0.2) is 66.7 Å². The molecular weight excluding hydrogens is 546 g/mol. The fraction of sp³-hybridized carbons (Fsp3) is 0.440. The van der Waals surface area contributed by atoms with Crippen LogP contribution in [0.3, 0.4) is 0 Å². The summed E-state index contributed by atoms with van der Waals surface area (Å²) in [6, 6.07) is 10.6. The molecule has 0 bridgehead atoms. The maximum atomic E-state index is 12.7. The van der Waals surface area contributed by atoms with Gasteiger partial charge in [-0.25, -0.2) is 0 Å². The van der Waals surface area contributed by atoms with Gasteiger partial charge < -0.3 is 19.4 Å². The highest BCUT2D eigenvalue weighted by atomic mass is 79.9. The number of thiocarbonyl (C=S) groups is 1. The molecular formula is C25H30BrN5O4S. The predicted octanol–water partition coefficient (Wildman–Crippen LogP) is 4.58. The molecule has 0 atom stereocenters. The highest BCUT2D eigenvalue weighted by Gasteiger charge is 2.25. The number of piperazine rings is 1. The summed E-state index contributed by atoms with van der Waals surface area (Å²) in [5, 5.41) is 14.8. The van der Waals surface area contributed by atoms with Gasteiger partial charge in [-0.1, -0.05) is 0 Å². The van der Waals surface area contributed by atoms with Crippen molar-refractivity contribution in [3.8, 4) is 5.75 Å². The topological polar surface area (TPSA) is 91.2 Å². The average molecular weight is 577 g/mol. The minimum absolute atomic E-state index is 0.157. The number of anilines is 2. The van der Waals surface area contributed by atoms with Gasteiger partial charge in [0, 0.05) is 56.6 Å². The van der Waals surface area contributed by atoms with Crippen LogP contribution in [0.2, 0.25) is 0 Å². The van der Waals surface area contributed by atoms with Crippen molar-refractivity contribution in [2.75, 3.05) is 55.7 Å². The number of benzene rings is 2. The van der Waals surface area contributed by atoms with Crippen LogP contribution in [0.4, 0.5) is 17.1 Å². The second kappa shape index (κ2) is 11.9. The molecule has 2 heterocycles. The second-order valence-corrected chi connectivity index (χ2v) is 10.0. The van der Waals surface area contributed by atoms with Crippen molar-refractivity contribution >= 4 is 56.2 Å². The quantitative estimate of drug-likeness (QED) is 0.304. The van der Waals surface area contributed by atoms with E-state index in [4.69, 9.17) is 17.0 Å². The van der Waals surface area contributed by atoms with E-state index in [1.54, 1.807) is 24.3 Å². The van der Waals surface area contributed by atoms with Gasteiger partial charge in [-0.05, 0) is 84.7 Å². The average Bonchev–Trinajstić information content (AvgIpc) is 2.90. The molecule has 2 aromatic rings. The van der Waals surface area contributed by atoms with E-state index in [-0.39, 0.29) is 16.5 Å². The molecule has 2 aliphatic heterocycles. The Morgan fingerprint density at radius 3 is 2.42 bits per heavy atom. The molecule has 0 radical (unpaired) electrons. The normalized spacial score (nSPS) is 16.0. The molecule has 192 valence electrons. The molecule has 2 fully saturated rings. The Labute approximate surface area is 224 Å². The molecule has 36 heavy (non-hydrogen) atoms. The van der Waals surface area contributed by atoms with Crippen LogP contribution in [0, 0.1) is 10.1 Å². The summed E-state index contributed by atoms with van der Waals surface area (Å²) < 4.78 is 6.21. The zero-order valence-electron chi connectivity index (χ0n) is 20.2. The number of amides is 1. The number of halogens is 1. The van der Waals surface area contributed by atoms with E-state index in [2.05, 4.69) is 31.0 Å². The summed E-state index contributed by atoms with van der Waals surface area (Å²) >= 11 is 8.95. The molecule has 0 aliphatic carbocycles. The van der Waals surface area contributed by atoms with Gasteiger partial charge in [0.2, 0.25) is 0 Å². The lowest BCUT2D eigenvalue weighted by atomic mass is 10.1. The van der Waals surface area contributed by atoms with Crippen LogP contribution >= 0.6 is 28.1 Å². The molecule has 2 aliphatic rings. The van der Waals surface area contributed by atoms with Crippen molar-refractivity contribution in [3.63, 3.8) is 0 Å². The summed E-state index contributed by atoms with van der Waals surface area (Å²) in [7, 11) is 0. The van der Waals surface area contributed by atoms with Gasteiger partial charge in [-0.3, -0.25) is 20.2 Å². The maximum absolute atomic E-state index is 12.7. The predicted molar refractivity (Wildman–Crippen MR) is 148 cm³/mol. The third kappa shape index (κ3) is 6.07. The molecule has 1 N–H and O–H groups in total. The van der Waals surface area contributed by atoms with Crippen LogP contribution in [0.15, 0.2) is 40.9 Å². The Hall–Kier alpha value is -2.92. The van der Waals surface area contributed by atoms with Crippen LogP contribution in [0.25, 0.3) is 0 Å². The number of carbonyl (C=O) groups excluding carboxylic acids is 1. The number of rotatable bonds is 6. The van der Waals surface area contributed by atoms with Crippen LogP contribution < -0.4 is 19.9 Å². The molecule has 2 aromatic carbocycles. The third-order valence-electron chi connectivity index (χ3n) is 6.50. The van der Waals surface area contributed by atoms with E-state index < -0.39 is 0 Å². The Morgan fingerprint density at radius 1 is 1.06 bits per heavy atom. The van der Waals surface area contributed by atoms with Crippen molar-refractivity contribution in [1.82, 2.24) is 10.2 Å². The monoisotopic (exact) mass is 575 g/mol. The molecule has 4 rings (SSSR count).